The Balaban J connectivity index is 2.14. The topological polar surface area (TPSA) is 46.9 Å². The zero-order valence-corrected chi connectivity index (χ0v) is 14.1. The third-order valence-corrected chi connectivity index (χ3v) is 4.27. The molecule has 0 aliphatic rings. The first-order chi connectivity index (χ1) is 9.77. The first-order valence-corrected chi connectivity index (χ1v) is 7.99. The van der Waals surface area contributed by atoms with Crippen LogP contribution in [0.5, 0.6) is 0 Å². The van der Waals surface area contributed by atoms with Crippen LogP contribution in [0.1, 0.15) is 37.4 Å². The van der Waals surface area contributed by atoms with Crippen LogP contribution >= 0.6 is 11.3 Å². The van der Waals surface area contributed by atoms with E-state index in [1.807, 2.05) is 20.8 Å². The highest BCUT2D eigenvalue weighted by molar-refractivity contribution is 7.11. The Hall–Kier alpha value is -1.62. The van der Waals surface area contributed by atoms with E-state index in [1.165, 1.54) is 9.75 Å². The predicted molar refractivity (Wildman–Crippen MR) is 89.3 cm³/mol. The molecule has 114 valence electrons. The number of hydrogen-bond acceptors (Lipinski definition) is 4. The molecule has 0 radical (unpaired) electrons. The monoisotopic (exact) mass is 305 g/mol. The van der Waals surface area contributed by atoms with Crippen LogP contribution < -0.4 is 10.9 Å². The zero-order chi connectivity index (χ0) is 15.6. The van der Waals surface area contributed by atoms with Gasteiger partial charge in [0, 0.05) is 40.1 Å². The normalized spacial score (nSPS) is 13.2. The summed E-state index contributed by atoms with van der Waals surface area (Å²) in [6, 6.07) is 4.43. The molecule has 0 saturated heterocycles. The molecule has 0 aromatic carbocycles. The van der Waals surface area contributed by atoms with E-state index in [2.05, 4.69) is 36.3 Å². The quantitative estimate of drug-likeness (QED) is 0.941. The Morgan fingerprint density at radius 1 is 1.38 bits per heavy atom. The van der Waals surface area contributed by atoms with Gasteiger partial charge in [0.25, 0.3) is 5.56 Å². The molecule has 4 nitrogen and oxygen atoms in total. The Labute approximate surface area is 129 Å². The van der Waals surface area contributed by atoms with Crippen molar-refractivity contribution < 1.29 is 0 Å². The molecule has 0 bridgehead atoms. The van der Waals surface area contributed by atoms with Crippen LogP contribution in [0.25, 0.3) is 0 Å². The van der Waals surface area contributed by atoms with Gasteiger partial charge in [0.05, 0.1) is 0 Å². The van der Waals surface area contributed by atoms with Crippen molar-refractivity contribution in [2.75, 3.05) is 5.32 Å². The van der Waals surface area contributed by atoms with Crippen LogP contribution in [0.4, 0.5) is 5.82 Å². The molecule has 1 N–H and O–H groups in total. The average Bonchev–Trinajstić information content (AvgIpc) is 2.75. The number of nitrogens with zero attached hydrogens (tertiary/aromatic N) is 2. The van der Waals surface area contributed by atoms with Crippen LogP contribution in [0.15, 0.2) is 29.3 Å². The summed E-state index contributed by atoms with van der Waals surface area (Å²) < 4.78 is 1.71. The first-order valence-electron chi connectivity index (χ1n) is 7.17. The Morgan fingerprint density at radius 3 is 2.67 bits per heavy atom. The van der Waals surface area contributed by atoms with E-state index in [0.717, 1.165) is 6.42 Å². The van der Waals surface area contributed by atoms with Crippen molar-refractivity contribution in [2.24, 2.45) is 0 Å². The summed E-state index contributed by atoms with van der Waals surface area (Å²) in [4.78, 5) is 19.3. The first kappa shape index (κ1) is 15.8. The number of nitrogens with one attached hydrogen (secondary N) is 1. The summed E-state index contributed by atoms with van der Waals surface area (Å²) in [5.41, 5.74) is -0.316. The number of aryl methyl sites for hydroxylation is 1. The van der Waals surface area contributed by atoms with Gasteiger partial charge >= 0.3 is 0 Å². The molecule has 2 heterocycles. The fraction of sp³-hybridized carbons (Fsp3) is 0.500. The molecule has 0 aliphatic carbocycles. The molecular formula is C16H23N3OS. The molecule has 0 fully saturated rings. The fourth-order valence-electron chi connectivity index (χ4n) is 2.22. The van der Waals surface area contributed by atoms with Gasteiger partial charge in [-0.05, 0) is 46.8 Å². The SMILES string of the molecule is Cc1ccc(CC(C)Nc2nccn(C(C)(C)C)c2=O)s1. The summed E-state index contributed by atoms with van der Waals surface area (Å²) in [5.74, 6) is 0.424. The van der Waals surface area contributed by atoms with E-state index < -0.39 is 0 Å². The number of hydrogen-bond donors (Lipinski definition) is 1. The Bertz CT molecular complexity index is 667. The second kappa shape index (κ2) is 6.02. The second-order valence-electron chi connectivity index (χ2n) is 6.38. The van der Waals surface area contributed by atoms with Crippen LogP contribution in [-0.2, 0) is 12.0 Å². The van der Waals surface area contributed by atoms with E-state index in [4.69, 9.17) is 0 Å². The summed E-state index contributed by atoms with van der Waals surface area (Å²) in [7, 11) is 0. The third kappa shape index (κ3) is 3.94. The number of aromatic nitrogens is 2. The van der Waals surface area contributed by atoms with Gasteiger partial charge in [0.2, 0.25) is 0 Å². The maximum absolute atomic E-state index is 12.4. The lowest BCUT2D eigenvalue weighted by Gasteiger charge is -2.23. The van der Waals surface area contributed by atoms with E-state index in [-0.39, 0.29) is 17.1 Å². The van der Waals surface area contributed by atoms with Crippen LogP contribution in [0.2, 0.25) is 0 Å². The van der Waals surface area contributed by atoms with Gasteiger partial charge in [0.15, 0.2) is 5.82 Å². The van der Waals surface area contributed by atoms with E-state index in [0.29, 0.717) is 5.82 Å². The highest BCUT2D eigenvalue weighted by atomic mass is 32.1. The maximum Gasteiger partial charge on any atom is 0.293 e. The van der Waals surface area contributed by atoms with Gasteiger partial charge in [-0.2, -0.15) is 0 Å². The lowest BCUT2D eigenvalue weighted by atomic mass is 10.1. The van der Waals surface area contributed by atoms with Crippen molar-refractivity contribution in [1.29, 1.82) is 0 Å². The van der Waals surface area contributed by atoms with E-state index in [9.17, 15) is 4.79 Å². The molecule has 21 heavy (non-hydrogen) atoms. The molecular weight excluding hydrogens is 282 g/mol. The highest BCUT2D eigenvalue weighted by Gasteiger charge is 2.17. The van der Waals surface area contributed by atoms with Gasteiger partial charge in [0.1, 0.15) is 0 Å². The number of rotatable bonds is 4. The Kier molecular flexibility index (Phi) is 4.52. The fourth-order valence-corrected chi connectivity index (χ4v) is 3.24. The van der Waals surface area contributed by atoms with E-state index in [1.54, 1.807) is 28.3 Å². The predicted octanol–water partition coefficient (Wildman–Crippen LogP) is 3.41. The molecule has 0 spiro atoms. The summed E-state index contributed by atoms with van der Waals surface area (Å²) in [6.07, 6.45) is 4.31. The molecule has 0 amide bonds. The van der Waals surface area contributed by atoms with Gasteiger partial charge in [-0.3, -0.25) is 4.79 Å². The summed E-state index contributed by atoms with van der Waals surface area (Å²) in [5, 5.41) is 3.24. The lowest BCUT2D eigenvalue weighted by molar-refractivity contribution is 0.383. The second-order valence-corrected chi connectivity index (χ2v) is 7.76. The van der Waals surface area contributed by atoms with Crippen LogP contribution in [-0.4, -0.2) is 15.6 Å². The van der Waals surface area contributed by atoms with Gasteiger partial charge in [-0.25, -0.2) is 4.98 Å². The molecule has 2 aromatic rings. The van der Waals surface area contributed by atoms with Crippen LogP contribution in [0.3, 0.4) is 0 Å². The van der Waals surface area contributed by atoms with Gasteiger partial charge in [-0.1, -0.05) is 0 Å². The molecule has 0 saturated carbocycles. The Morgan fingerprint density at radius 2 is 2.10 bits per heavy atom. The molecule has 1 unspecified atom stereocenters. The summed E-state index contributed by atoms with van der Waals surface area (Å²) in [6.45, 7) is 10.2. The molecule has 5 heteroatoms. The summed E-state index contributed by atoms with van der Waals surface area (Å²) >= 11 is 1.79. The minimum absolute atomic E-state index is 0.0702. The van der Waals surface area contributed by atoms with Crippen molar-refractivity contribution in [2.45, 2.75) is 52.6 Å². The lowest BCUT2D eigenvalue weighted by Crippen LogP contribution is -2.36. The van der Waals surface area contributed by atoms with E-state index >= 15 is 0 Å². The van der Waals surface area contributed by atoms with Crippen LogP contribution in [0, 0.1) is 6.92 Å². The smallest absolute Gasteiger partial charge is 0.293 e. The van der Waals surface area contributed by atoms with Crippen molar-refractivity contribution in [3.63, 3.8) is 0 Å². The highest BCUT2D eigenvalue weighted by Crippen LogP contribution is 2.17. The van der Waals surface area contributed by atoms with Gasteiger partial charge in [-0.15, -0.1) is 11.3 Å². The van der Waals surface area contributed by atoms with Gasteiger partial charge < -0.3 is 9.88 Å². The largest absolute Gasteiger partial charge is 0.363 e. The average molecular weight is 305 g/mol. The van der Waals surface area contributed by atoms with Crippen molar-refractivity contribution in [3.05, 3.63) is 44.6 Å². The standard InChI is InChI=1S/C16H23N3OS/c1-11(10-13-7-6-12(2)21-13)18-14-15(20)19(9-8-17-14)16(3,4)5/h6-9,11H,10H2,1-5H3,(H,17,18). The van der Waals surface area contributed by atoms with Crippen molar-refractivity contribution in [1.82, 2.24) is 9.55 Å². The molecule has 2 rings (SSSR count). The minimum Gasteiger partial charge on any atom is -0.363 e. The van der Waals surface area contributed by atoms with Crippen molar-refractivity contribution in [3.8, 4) is 0 Å². The minimum atomic E-state index is -0.245. The third-order valence-electron chi connectivity index (χ3n) is 3.25. The molecule has 0 aliphatic heterocycles. The number of anilines is 1. The van der Waals surface area contributed by atoms with Crippen molar-refractivity contribution >= 4 is 17.2 Å². The number of thiophene rings is 1. The molecule has 2 aromatic heterocycles. The maximum atomic E-state index is 12.4. The molecule has 1 atom stereocenters. The zero-order valence-electron chi connectivity index (χ0n) is 13.3.